The normalized spacial score (nSPS) is 10.5. The molecular weight excluding hydrogens is 364 g/mol. The van der Waals surface area contributed by atoms with Crippen molar-refractivity contribution in [1.29, 1.82) is 0 Å². The van der Waals surface area contributed by atoms with Crippen molar-refractivity contribution in [3.8, 4) is 11.5 Å². The lowest BCUT2D eigenvalue weighted by Gasteiger charge is -2.08. The zero-order valence-electron chi connectivity index (χ0n) is 12.0. The second kappa shape index (κ2) is 6.26. The monoisotopic (exact) mass is 374 g/mol. The molecule has 0 bridgehead atoms. The Morgan fingerprint density at radius 3 is 2.57 bits per heavy atom. The van der Waals surface area contributed by atoms with Crippen molar-refractivity contribution in [1.82, 2.24) is 0 Å². The van der Waals surface area contributed by atoms with Gasteiger partial charge in [-0.15, -0.1) is 0 Å². The summed E-state index contributed by atoms with van der Waals surface area (Å²) in [5.41, 5.74) is 0.225. The summed E-state index contributed by atoms with van der Waals surface area (Å²) in [5.74, 6) is 0.282. The first-order valence-corrected chi connectivity index (χ1v) is 7.46. The van der Waals surface area contributed by atoms with Crippen molar-refractivity contribution in [2.75, 3.05) is 7.11 Å². The Morgan fingerprint density at radius 2 is 1.78 bits per heavy atom. The number of carbonyl (C=O) groups excluding carboxylic acids is 1. The maximum absolute atomic E-state index is 12.3. The number of hydrogen-bond acceptors (Lipinski definition) is 5. The van der Waals surface area contributed by atoms with Gasteiger partial charge in [-0.1, -0.05) is 0 Å². The number of rotatable bonds is 3. The molecule has 6 heteroatoms. The van der Waals surface area contributed by atoms with Crippen molar-refractivity contribution >= 4 is 32.9 Å². The Bertz CT molecular complexity index is 945. The quantitative estimate of drug-likeness (QED) is 0.396. The van der Waals surface area contributed by atoms with E-state index in [2.05, 4.69) is 15.9 Å². The number of carbonyl (C=O) groups is 1. The van der Waals surface area contributed by atoms with Gasteiger partial charge in [0.1, 0.15) is 17.1 Å². The molecule has 1 heterocycles. The smallest absolute Gasteiger partial charge is 0.344 e. The molecule has 0 fully saturated rings. The third kappa shape index (κ3) is 3.27. The summed E-state index contributed by atoms with van der Waals surface area (Å²) < 4.78 is 16.1. The van der Waals surface area contributed by atoms with Crippen molar-refractivity contribution in [3.05, 3.63) is 69.0 Å². The third-order valence-corrected chi connectivity index (χ3v) is 3.89. The van der Waals surface area contributed by atoms with Crippen LogP contribution in [0.3, 0.4) is 0 Å². The van der Waals surface area contributed by atoms with Crippen molar-refractivity contribution in [2.45, 2.75) is 0 Å². The first-order chi connectivity index (χ1) is 11.1. The van der Waals surface area contributed by atoms with Crippen LogP contribution in [0.5, 0.6) is 11.5 Å². The molecule has 0 aliphatic rings. The third-order valence-electron chi connectivity index (χ3n) is 3.20. The van der Waals surface area contributed by atoms with Gasteiger partial charge >= 0.3 is 11.6 Å². The Balaban J connectivity index is 1.92. The Kier molecular flexibility index (Phi) is 4.16. The van der Waals surface area contributed by atoms with Gasteiger partial charge in [-0.2, -0.15) is 0 Å². The molecule has 3 aromatic rings. The predicted molar refractivity (Wildman–Crippen MR) is 88.1 cm³/mol. The van der Waals surface area contributed by atoms with E-state index < -0.39 is 11.6 Å². The highest BCUT2D eigenvalue weighted by Gasteiger charge is 2.14. The molecule has 0 N–H and O–H groups in total. The van der Waals surface area contributed by atoms with Gasteiger partial charge in [0.15, 0.2) is 0 Å². The Labute approximate surface area is 139 Å². The highest BCUT2D eigenvalue weighted by molar-refractivity contribution is 9.10. The molecule has 0 aliphatic heterocycles. The van der Waals surface area contributed by atoms with Crippen LogP contribution in [-0.2, 0) is 0 Å². The van der Waals surface area contributed by atoms with E-state index in [-0.39, 0.29) is 5.75 Å². The molecule has 0 atom stereocenters. The average molecular weight is 375 g/mol. The van der Waals surface area contributed by atoms with Gasteiger partial charge in [0, 0.05) is 22.0 Å². The summed E-state index contributed by atoms with van der Waals surface area (Å²) in [6.45, 7) is 0. The topological polar surface area (TPSA) is 65.7 Å². The lowest BCUT2D eigenvalue weighted by Crippen LogP contribution is -2.09. The summed E-state index contributed by atoms with van der Waals surface area (Å²) >= 11 is 3.31. The fourth-order valence-corrected chi connectivity index (χ4v) is 2.46. The van der Waals surface area contributed by atoms with Gasteiger partial charge in [-0.25, -0.2) is 9.59 Å². The maximum Gasteiger partial charge on any atom is 0.344 e. The van der Waals surface area contributed by atoms with Crippen LogP contribution in [0, 0.1) is 0 Å². The van der Waals surface area contributed by atoms with Crippen LogP contribution in [-0.4, -0.2) is 13.1 Å². The van der Waals surface area contributed by atoms with Crippen LogP contribution in [0.2, 0.25) is 0 Å². The van der Waals surface area contributed by atoms with E-state index in [1.54, 1.807) is 36.4 Å². The number of esters is 1. The standard InChI is InChI=1S/C17H11BrO5/c1-21-11-5-6-14(18)13(8-11)17(20)22-12-4-2-10-3-7-16(19)23-15(10)9-12/h2-9H,1H3. The van der Waals surface area contributed by atoms with Gasteiger partial charge < -0.3 is 13.9 Å². The molecule has 0 saturated carbocycles. The van der Waals surface area contributed by atoms with E-state index in [1.807, 2.05) is 0 Å². The van der Waals surface area contributed by atoms with Gasteiger partial charge in [-0.3, -0.25) is 0 Å². The van der Waals surface area contributed by atoms with Gasteiger partial charge in [0.05, 0.1) is 12.7 Å². The van der Waals surface area contributed by atoms with Gasteiger partial charge in [-0.05, 0) is 52.3 Å². The molecule has 0 spiro atoms. The fraction of sp³-hybridized carbons (Fsp3) is 0.0588. The first kappa shape index (κ1) is 15.3. The second-order valence-corrected chi connectivity index (χ2v) is 5.54. The molecule has 1 aromatic heterocycles. The molecule has 0 aliphatic carbocycles. The number of methoxy groups -OCH3 is 1. The number of ether oxygens (including phenoxy) is 2. The summed E-state index contributed by atoms with van der Waals surface area (Å²) in [7, 11) is 1.52. The Hall–Kier alpha value is -2.60. The maximum atomic E-state index is 12.3. The zero-order valence-corrected chi connectivity index (χ0v) is 13.6. The fourth-order valence-electron chi connectivity index (χ4n) is 2.05. The molecule has 23 heavy (non-hydrogen) atoms. The van der Waals surface area contributed by atoms with E-state index in [4.69, 9.17) is 13.9 Å². The second-order valence-electron chi connectivity index (χ2n) is 4.69. The number of fused-ring (bicyclic) bond motifs is 1. The van der Waals surface area contributed by atoms with E-state index in [9.17, 15) is 9.59 Å². The number of benzene rings is 2. The SMILES string of the molecule is COc1ccc(Br)c(C(=O)Oc2ccc3ccc(=O)oc3c2)c1. The van der Waals surface area contributed by atoms with Crippen LogP contribution in [0.15, 0.2) is 62.2 Å². The average Bonchev–Trinajstić information content (AvgIpc) is 2.54. The van der Waals surface area contributed by atoms with E-state index in [0.29, 0.717) is 21.4 Å². The summed E-state index contributed by atoms with van der Waals surface area (Å²) in [5, 5.41) is 0.743. The lowest BCUT2D eigenvalue weighted by atomic mass is 10.2. The van der Waals surface area contributed by atoms with Gasteiger partial charge in [0.2, 0.25) is 0 Å². The minimum atomic E-state index is -0.548. The Morgan fingerprint density at radius 1 is 1.04 bits per heavy atom. The van der Waals surface area contributed by atoms with Crippen LogP contribution in [0.4, 0.5) is 0 Å². The molecule has 0 saturated heterocycles. The first-order valence-electron chi connectivity index (χ1n) is 6.66. The predicted octanol–water partition coefficient (Wildman–Crippen LogP) is 3.78. The molecule has 0 amide bonds. The highest BCUT2D eigenvalue weighted by Crippen LogP contribution is 2.25. The summed E-state index contributed by atoms with van der Waals surface area (Å²) in [6, 6.07) is 12.8. The van der Waals surface area contributed by atoms with Crippen molar-refractivity contribution in [2.24, 2.45) is 0 Å². The molecule has 3 rings (SSSR count). The van der Waals surface area contributed by atoms with E-state index >= 15 is 0 Å². The van der Waals surface area contributed by atoms with E-state index in [0.717, 1.165) is 5.39 Å². The van der Waals surface area contributed by atoms with Crippen LogP contribution >= 0.6 is 15.9 Å². The molecule has 0 unspecified atom stereocenters. The summed E-state index contributed by atoms with van der Waals surface area (Å²) in [4.78, 5) is 23.6. The molecule has 116 valence electrons. The number of hydrogen-bond donors (Lipinski definition) is 0. The number of halogens is 1. The zero-order chi connectivity index (χ0) is 16.4. The van der Waals surface area contributed by atoms with E-state index in [1.165, 1.54) is 19.2 Å². The molecule has 2 aromatic carbocycles. The highest BCUT2D eigenvalue weighted by atomic mass is 79.9. The van der Waals surface area contributed by atoms with Crippen molar-refractivity contribution < 1.29 is 18.7 Å². The minimum absolute atomic E-state index is 0.284. The summed E-state index contributed by atoms with van der Waals surface area (Å²) in [6.07, 6.45) is 0. The lowest BCUT2D eigenvalue weighted by molar-refractivity contribution is 0.0733. The van der Waals surface area contributed by atoms with Gasteiger partial charge in [0.25, 0.3) is 0 Å². The molecular formula is C17H11BrO5. The minimum Gasteiger partial charge on any atom is -0.497 e. The van der Waals surface area contributed by atoms with Crippen LogP contribution in [0.1, 0.15) is 10.4 Å². The van der Waals surface area contributed by atoms with Crippen molar-refractivity contribution in [3.63, 3.8) is 0 Å². The molecule has 5 nitrogen and oxygen atoms in total. The van der Waals surface area contributed by atoms with Crippen LogP contribution < -0.4 is 15.1 Å². The van der Waals surface area contributed by atoms with Crippen LogP contribution in [0.25, 0.3) is 11.0 Å². The molecule has 0 radical (unpaired) electrons. The largest absolute Gasteiger partial charge is 0.497 e.